The van der Waals surface area contributed by atoms with Crippen molar-refractivity contribution in [3.05, 3.63) is 30.0 Å². The maximum absolute atomic E-state index is 10.8. The Morgan fingerprint density at radius 3 is 3.00 bits per heavy atom. The number of fused-ring (bicyclic) bond motifs is 1. The first-order chi connectivity index (χ1) is 8.72. The Hall–Kier alpha value is -2.17. The van der Waals surface area contributed by atoms with Crippen molar-refractivity contribution in [2.45, 2.75) is 12.8 Å². The lowest BCUT2D eigenvalue weighted by atomic mass is 10.1. The number of aromatic nitrogens is 2. The fourth-order valence-electron chi connectivity index (χ4n) is 1.81. The minimum Gasteiger partial charge on any atom is -0.478 e. The molecule has 5 nitrogen and oxygen atoms in total. The van der Waals surface area contributed by atoms with Crippen molar-refractivity contribution >= 4 is 22.8 Å². The molecule has 1 heterocycles. The molecule has 1 aliphatic carbocycles. The Morgan fingerprint density at radius 2 is 2.28 bits per heavy atom. The number of anilines is 1. The predicted octanol–water partition coefficient (Wildman–Crippen LogP) is 2.15. The van der Waals surface area contributed by atoms with Gasteiger partial charge in [0.1, 0.15) is 0 Å². The fourth-order valence-corrected chi connectivity index (χ4v) is 1.81. The van der Waals surface area contributed by atoms with Crippen molar-refractivity contribution in [3.63, 3.8) is 0 Å². The Morgan fingerprint density at radius 1 is 1.44 bits per heavy atom. The number of nitrogens with zero attached hydrogens (tertiary/aromatic N) is 2. The molecule has 0 atom stereocenters. The third-order valence-corrected chi connectivity index (χ3v) is 3.07. The van der Waals surface area contributed by atoms with Crippen LogP contribution < -0.4 is 5.32 Å². The lowest BCUT2D eigenvalue weighted by molar-refractivity contribution is 0.0697. The van der Waals surface area contributed by atoms with Crippen molar-refractivity contribution in [1.29, 1.82) is 0 Å². The summed E-state index contributed by atoms with van der Waals surface area (Å²) >= 11 is 0. The van der Waals surface area contributed by atoms with E-state index in [0.717, 1.165) is 23.4 Å². The summed E-state index contributed by atoms with van der Waals surface area (Å²) in [6.45, 7) is 0.915. The van der Waals surface area contributed by atoms with Gasteiger partial charge in [0, 0.05) is 18.1 Å². The Kier molecular flexibility index (Phi) is 2.59. The van der Waals surface area contributed by atoms with E-state index >= 15 is 0 Å². The Bertz CT molecular complexity index is 608. The predicted molar refractivity (Wildman–Crippen MR) is 67.7 cm³/mol. The van der Waals surface area contributed by atoms with E-state index < -0.39 is 5.97 Å². The van der Waals surface area contributed by atoms with Gasteiger partial charge in [0.15, 0.2) is 0 Å². The van der Waals surface area contributed by atoms with Crippen LogP contribution in [0.1, 0.15) is 23.2 Å². The van der Waals surface area contributed by atoms with Crippen molar-refractivity contribution in [1.82, 2.24) is 9.97 Å². The quantitative estimate of drug-likeness (QED) is 0.860. The molecule has 1 aromatic heterocycles. The molecule has 1 saturated carbocycles. The molecule has 18 heavy (non-hydrogen) atoms. The van der Waals surface area contributed by atoms with E-state index in [1.807, 2.05) is 0 Å². The summed E-state index contributed by atoms with van der Waals surface area (Å²) in [6.07, 6.45) is 4.22. The Balaban J connectivity index is 1.87. The normalized spacial score (nSPS) is 14.7. The average Bonchev–Trinajstić information content (AvgIpc) is 3.19. The monoisotopic (exact) mass is 243 g/mol. The van der Waals surface area contributed by atoms with Gasteiger partial charge in [-0.3, -0.25) is 0 Å². The number of nitrogens with one attached hydrogen (secondary N) is 1. The summed E-state index contributed by atoms with van der Waals surface area (Å²) in [4.78, 5) is 19.4. The third kappa shape index (κ3) is 2.25. The molecular formula is C13H13N3O2. The smallest absolute Gasteiger partial charge is 0.335 e. The van der Waals surface area contributed by atoms with Gasteiger partial charge in [0.05, 0.1) is 11.1 Å². The summed E-state index contributed by atoms with van der Waals surface area (Å²) in [5.41, 5.74) is 1.01. The second-order valence-corrected chi connectivity index (χ2v) is 4.60. The zero-order valence-corrected chi connectivity index (χ0v) is 9.76. The van der Waals surface area contributed by atoms with E-state index in [1.165, 1.54) is 12.8 Å². The van der Waals surface area contributed by atoms with Crippen LogP contribution in [0.3, 0.4) is 0 Å². The molecule has 5 heteroatoms. The topological polar surface area (TPSA) is 75.1 Å². The first-order valence-electron chi connectivity index (χ1n) is 5.96. The van der Waals surface area contributed by atoms with Gasteiger partial charge < -0.3 is 10.4 Å². The highest BCUT2D eigenvalue weighted by molar-refractivity contribution is 5.93. The molecule has 0 saturated heterocycles. The Labute approximate surface area is 104 Å². The molecule has 1 aliphatic rings. The summed E-state index contributed by atoms with van der Waals surface area (Å²) in [6, 6.07) is 4.85. The molecule has 1 fully saturated rings. The van der Waals surface area contributed by atoms with Crippen molar-refractivity contribution in [3.8, 4) is 0 Å². The van der Waals surface area contributed by atoms with Crippen LogP contribution in [-0.2, 0) is 0 Å². The standard InChI is InChI=1S/C13H13N3O2/c17-12(18)9-3-4-11-10(5-9)7-15-13(16-11)14-6-8-1-2-8/h3-5,7-8H,1-2,6H2,(H,17,18)(H,14,15,16). The van der Waals surface area contributed by atoms with Gasteiger partial charge in [-0.15, -0.1) is 0 Å². The van der Waals surface area contributed by atoms with Crippen LogP contribution in [0.15, 0.2) is 24.4 Å². The van der Waals surface area contributed by atoms with Crippen LogP contribution in [0.2, 0.25) is 0 Å². The molecule has 0 bridgehead atoms. The number of carbonyl (C=O) groups is 1. The first kappa shape index (κ1) is 11.0. The van der Waals surface area contributed by atoms with E-state index in [1.54, 1.807) is 24.4 Å². The molecule has 2 N–H and O–H groups in total. The molecule has 0 radical (unpaired) electrons. The van der Waals surface area contributed by atoms with Gasteiger partial charge in [-0.25, -0.2) is 14.8 Å². The van der Waals surface area contributed by atoms with E-state index in [4.69, 9.17) is 5.11 Å². The molecule has 92 valence electrons. The van der Waals surface area contributed by atoms with Crippen LogP contribution in [0.25, 0.3) is 10.9 Å². The number of carboxylic acids is 1. The zero-order valence-electron chi connectivity index (χ0n) is 9.76. The maximum atomic E-state index is 10.8. The number of hydrogen-bond acceptors (Lipinski definition) is 4. The second kappa shape index (κ2) is 4.25. The van der Waals surface area contributed by atoms with Crippen LogP contribution in [0.5, 0.6) is 0 Å². The van der Waals surface area contributed by atoms with Crippen LogP contribution in [0, 0.1) is 5.92 Å². The average molecular weight is 243 g/mol. The molecule has 0 spiro atoms. The molecule has 0 amide bonds. The van der Waals surface area contributed by atoms with Gasteiger partial charge >= 0.3 is 5.97 Å². The van der Waals surface area contributed by atoms with Gasteiger partial charge in [-0.05, 0) is 37.0 Å². The van der Waals surface area contributed by atoms with Crippen molar-refractivity contribution in [2.24, 2.45) is 5.92 Å². The molecule has 3 rings (SSSR count). The van der Waals surface area contributed by atoms with E-state index in [-0.39, 0.29) is 5.56 Å². The number of carboxylic acid groups (broad SMARTS) is 1. The highest BCUT2D eigenvalue weighted by atomic mass is 16.4. The fraction of sp³-hybridized carbons (Fsp3) is 0.308. The number of hydrogen-bond donors (Lipinski definition) is 2. The number of aromatic carboxylic acids is 1. The van der Waals surface area contributed by atoms with E-state index in [2.05, 4.69) is 15.3 Å². The second-order valence-electron chi connectivity index (χ2n) is 4.60. The van der Waals surface area contributed by atoms with Gasteiger partial charge in [0.25, 0.3) is 0 Å². The lowest BCUT2D eigenvalue weighted by Gasteiger charge is -2.05. The third-order valence-electron chi connectivity index (χ3n) is 3.07. The maximum Gasteiger partial charge on any atom is 0.335 e. The number of rotatable bonds is 4. The molecule has 2 aromatic rings. The zero-order chi connectivity index (χ0) is 12.5. The van der Waals surface area contributed by atoms with Crippen LogP contribution in [-0.4, -0.2) is 27.6 Å². The van der Waals surface area contributed by atoms with Gasteiger partial charge in [-0.1, -0.05) is 0 Å². The largest absolute Gasteiger partial charge is 0.478 e. The molecule has 0 unspecified atom stereocenters. The number of benzene rings is 1. The van der Waals surface area contributed by atoms with Gasteiger partial charge in [0.2, 0.25) is 5.95 Å². The molecule has 1 aromatic carbocycles. The summed E-state index contributed by atoms with van der Waals surface area (Å²) in [7, 11) is 0. The van der Waals surface area contributed by atoms with Crippen LogP contribution in [0.4, 0.5) is 5.95 Å². The van der Waals surface area contributed by atoms with Crippen LogP contribution >= 0.6 is 0 Å². The minimum absolute atomic E-state index is 0.254. The summed E-state index contributed by atoms with van der Waals surface area (Å²) < 4.78 is 0. The van der Waals surface area contributed by atoms with Crippen molar-refractivity contribution in [2.75, 3.05) is 11.9 Å². The highest BCUT2D eigenvalue weighted by Gasteiger charge is 2.20. The molecule has 0 aliphatic heterocycles. The molecular weight excluding hydrogens is 230 g/mol. The summed E-state index contributed by atoms with van der Waals surface area (Å²) in [5.74, 6) is 0.434. The summed E-state index contributed by atoms with van der Waals surface area (Å²) in [5, 5.41) is 12.8. The van der Waals surface area contributed by atoms with Gasteiger partial charge in [-0.2, -0.15) is 0 Å². The lowest BCUT2D eigenvalue weighted by Crippen LogP contribution is -2.06. The highest BCUT2D eigenvalue weighted by Crippen LogP contribution is 2.28. The minimum atomic E-state index is -0.937. The first-order valence-corrected chi connectivity index (χ1v) is 5.96. The van der Waals surface area contributed by atoms with Crippen molar-refractivity contribution < 1.29 is 9.90 Å². The van der Waals surface area contributed by atoms with E-state index in [0.29, 0.717) is 5.95 Å². The SMILES string of the molecule is O=C(O)c1ccc2nc(NCC3CC3)ncc2c1. The van der Waals surface area contributed by atoms with E-state index in [9.17, 15) is 4.79 Å².